The number of alkyl halides is 6. The molecule has 332 valence electrons. The van der Waals surface area contributed by atoms with Crippen LogP contribution in [0.3, 0.4) is 0 Å². The Morgan fingerprint density at radius 3 is 2.21 bits per heavy atom. The summed E-state index contributed by atoms with van der Waals surface area (Å²) in [5.41, 5.74) is -2.56. The maximum Gasteiger partial charge on any atom is 0.416 e. The van der Waals surface area contributed by atoms with E-state index in [0.717, 1.165) is 0 Å². The van der Waals surface area contributed by atoms with Crippen LogP contribution >= 0.6 is 23.2 Å². The van der Waals surface area contributed by atoms with E-state index >= 15 is 0 Å². The molecule has 1 aliphatic carbocycles. The molecular weight excluding hydrogens is 851 g/mol. The van der Waals surface area contributed by atoms with Crippen LogP contribution in [0.1, 0.15) is 63.9 Å². The van der Waals surface area contributed by atoms with E-state index in [9.17, 15) is 40.7 Å². The lowest BCUT2D eigenvalue weighted by Gasteiger charge is -2.46. The molecule has 0 unspecified atom stereocenters. The fraction of sp³-hybridized carbons (Fsp3) is 0.512. The van der Waals surface area contributed by atoms with Crippen molar-refractivity contribution in [3.05, 3.63) is 104 Å². The molecule has 3 aromatic rings. The minimum Gasteiger partial charge on any atom is -0.367 e. The number of piperidine rings is 1. The minimum atomic E-state index is -5.12. The van der Waals surface area contributed by atoms with Gasteiger partial charge in [-0.2, -0.15) is 26.3 Å². The van der Waals surface area contributed by atoms with Crippen molar-refractivity contribution < 1.29 is 50.2 Å². The van der Waals surface area contributed by atoms with Gasteiger partial charge < -0.3 is 34.4 Å². The van der Waals surface area contributed by atoms with Crippen molar-refractivity contribution in [1.82, 2.24) is 24.9 Å². The van der Waals surface area contributed by atoms with Gasteiger partial charge in [-0.3, -0.25) is 9.59 Å². The number of halogens is 8. The maximum atomic E-state index is 13.8. The number of morpholine rings is 1. The monoisotopic (exact) mass is 899 g/mol. The molecule has 1 N–H and O–H groups in total. The standard InChI is InChI=1S/C43H49Cl2F6N5O5/c1-53(2)39(59)52-14-6-15-54(3)37(57)26-60-36-23-28-7-4-5-8-33(28)40(36)11-16-55(17-12-40)18-13-41(30-9-10-34(44)35(45)25-30)27-56(19-20-61-41)38(58)29-21-31(42(46,47)48)24-32(22-29)43(49,50)51/h4-5,7-10,21-22,24-25,36H,6,11-20,23,26-27H2,1-3H3,(H,52,59)/t36-,41-/m0/s1. The summed E-state index contributed by atoms with van der Waals surface area (Å²) in [4.78, 5) is 45.3. The lowest BCUT2D eigenvalue weighted by Crippen LogP contribution is -2.54. The molecule has 4 amide bonds. The van der Waals surface area contributed by atoms with Gasteiger partial charge in [-0.15, -0.1) is 0 Å². The van der Waals surface area contributed by atoms with Crippen molar-refractivity contribution in [1.29, 1.82) is 0 Å². The SMILES string of the molecule is CN(C)C(=O)NCCCN(C)C(=O)CO[C@H]1Cc2ccccc2C12CCN(CC[C@@]1(c3ccc(Cl)c(Cl)c3)CN(C(=O)c3cc(C(F)(F)F)cc(C(F)(F)F)c3)CCO1)CC2. The predicted octanol–water partition coefficient (Wildman–Crippen LogP) is 7.88. The Balaban J connectivity index is 1.15. The average molecular weight is 901 g/mol. The maximum absolute atomic E-state index is 13.8. The molecule has 0 aromatic heterocycles. The highest BCUT2D eigenvalue weighted by atomic mass is 35.5. The number of nitrogens with one attached hydrogen (secondary N) is 1. The molecule has 0 bridgehead atoms. The Hall–Kier alpha value is -4.09. The van der Waals surface area contributed by atoms with Gasteiger partial charge in [0.25, 0.3) is 5.91 Å². The highest BCUT2D eigenvalue weighted by molar-refractivity contribution is 6.42. The van der Waals surface area contributed by atoms with Gasteiger partial charge >= 0.3 is 18.4 Å². The zero-order chi connectivity index (χ0) is 44.3. The highest BCUT2D eigenvalue weighted by Crippen LogP contribution is 2.48. The smallest absolute Gasteiger partial charge is 0.367 e. The molecule has 2 heterocycles. The zero-order valence-corrected chi connectivity index (χ0v) is 35.6. The van der Waals surface area contributed by atoms with Crippen LogP contribution in [0.25, 0.3) is 0 Å². The number of likely N-dealkylation sites (tertiary alicyclic amines) is 1. The number of benzene rings is 3. The van der Waals surface area contributed by atoms with Gasteiger partial charge in [0.2, 0.25) is 5.91 Å². The average Bonchev–Trinajstić information content (AvgIpc) is 3.52. The first-order chi connectivity index (χ1) is 28.7. The fourth-order valence-corrected chi connectivity index (χ4v) is 8.92. The van der Waals surface area contributed by atoms with Gasteiger partial charge in [0, 0.05) is 58.3 Å². The van der Waals surface area contributed by atoms with E-state index in [1.165, 1.54) is 20.9 Å². The van der Waals surface area contributed by atoms with E-state index < -0.39 is 40.6 Å². The molecule has 2 atom stereocenters. The Kier molecular flexibility index (Phi) is 14.2. The summed E-state index contributed by atoms with van der Waals surface area (Å²) in [6, 6.07) is 13.7. The van der Waals surface area contributed by atoms with Crippen molar-refractivity contribution >= 4 is 41.0 Å². The molecule has 1 spiro atoms. The Labute approximate surface area is 361 Å². The lowest BCUT2D eigenvalue weighted by atomic mass is 9.72. The van der Waals surface area contributed by atoms with E-state index in [0.29, 0.717) is 82.5 Å². The Morgan fingerprint density at radius 2 is 1.57 bits per heavy atom. The van der Waals surface area contributed by atoms with Crippen molar-refractivity contribution in [2.75, 3.05) is 80.2 Å². The van der Waals surface area contributed by atoms with Crippen LogP contribution in [0.4, 0.5) is 31.1 Å². The van der Waals surface area contributed by atoms with Crippen LogP contribution in [0.15, 0.2) is 60.7 Å². The number of amides is 4. The number of carbonyl (C=O) groups excluding carboxylic acids is 3. The first kappa shape index (κ1) is 46.4. The van der Waals surface area contributed by atoms with Crippen molar-refractivity contribution in [2.24, 2.45) is 0 Å². The van der Waals surface area contributed by atoms with Gasteiger partial charge in [0.15, 0.2) is 0 Å². The second-order valence-corrected chi connectivity index (χ2v) is 17.0. The van der Waals surface area contributed by atoms with E-state index in [1.807, 2.05) is 12.1 Å². The summed E-state index contributed by atoms with van der Waals surface area (Å²) in [5.74, 6) is -1.16. The van der Waals surface area contributed by atoms with Crippen LogP contribution in [-0.4, -0.2) is 124 Å². The van der Waals surface area contributed by atoms with Gasteiger partial charge in [-0.1, -0.05) is 53.5 Å². The number of hydrogen-bond acceptors (Lipinski definition) is 6. The molecule has 3 aromatic carbocycles. The summed E-state index contributed by atoms with van der Waals surface area (Å²) in [7, 11) is 5.02. The third-order valence-electron chi connectivity index (χ3n) is 12.1. The third-order valence-corrected chi connectivity index (χ3v) is 12.8. The second-order valence-electron chi connectivity index (χ2n) is 16.2. The number of carbonyl (C=O) groups is 3. The number of rotatable bonds is 12. The summed E-state index contributed by atoms with van der Waals surface area (Å²) in [6.07, 6.45) is -7.52. The summed E-state index contributed by atoms with van der Waals surface area (Å²) >= 11 is 12.7. The number of ether oxygens (including phenoxy) is 2. The third kappa shape index (κ3) is 10.6. The summed E-state index contributed by atoms with van der Waals surface area (Å²) in [6.45, 7) is 2.25. The van der Waals surface area contributed by atoms with Gasteiger partial charge in [0.05, 0.1) is 40.4 Å². The molecule has 6 rings (SSSR count). The van der Waals surface area contributed by atoms with E-state index in [-0.39, 0.29) is 65.9 Å². The Morgan fingerprint density at radius 1 is 0.902 bits per heavy atom. The Bertz CT molecular complexity index is 2050. The van der Waals surface area contributed by atoms with Crippen LogP contribution in [0.2, 0.25) is 10.0 Å². The molecule has 2 saturated heterocycles. The predicted molar refractivity (Wildman–Crippen MR) is 218 cm³/mol. The number of likely N-dealkylation sites (N-methyl/N-ethyl adjacent to an activating group) is 1. The summed E-state index contributed by atoms with van der Waals surface area (Å²) < 4.78 is 95.3. The van der Waals surface area contributed by atoms with E-state index in [4.69, 9.17) is 32.7 Å². The minimum absolute atomic E-state index is 0.00428. The first-order valence-corrected chi connectivity index (χ1v) is 20.8. The van der Waals surface area contributed by atoms with E-state index in [1.54, 1.807) is 44.2 Å². The molecule has 0 saturated carbocycles. The van der Waals surface area contributed by atoms with Gasteiger partial charge in [0.1, 0.15) is 12.2 Å². The van der Waals surface area contributed by atoms with Crippen molar-refractivity contribution in [2.45, 2.75) is 61.6 Å². The number of nitrogens with zero attached hydrogens (tertiary/aromatic N) is 4. The van der Waals surface area contributed by atoms with Gasteiger partial charge in [-0.25, -0.2) is 4.79 Å². The molecule has 0 radical (unpaired) electrons. The topological polar surface area (TPSA) is 94.7 Å². The molecule has 2 fully saturated rings. The molecule has 18 heteroatoms. The molecule has 2 aliphatic heterocycles. The lowest BCUT2D eigenvalue weighted by molar-refractivity contribution is -0.143. The molecular formula is C43H49Cl2F6N5O5. The van der Waals surface area contributed by atoms with Gasteiger partial charge in [-0.05, 0) is 92.2 Å². The van der Waals surface area contributed by atoms with Crippen LogP contribution < -0.4 is 5.32 Å². The van der Waals surface area contributed by atoms with Crippen LogP contribution in [-0.2, 0) is 44.1 Å². The van der Waals surface area contributed by atoms with Crippen LogP contribution in [0.5, 0.6) is 0 Å². The quantitative estimate of drug-likeness (QED) is 0.147. The molecule has 10 nitrogen and oxygen atoms in total. The van der Waals surface area contributed by atoms with E-state index in [2.05, 4.69) is 22.3 Å². The normalized spacial score (nSPS) is 20.4. The van der Waals surface area contributed by atoms with Crippen LogP contribution in [0, 0.1) is 0 Å². The second kappa shape index (κ2) is 18.7. The number of hydrogen-bond donors (Lipinski definition) is 1. The highest BCUT2D eigenvalue weighted by Gasteiger charge is 2.50. The largest absolute Gasteiger partial charge is 0.416 e. The first-order valence-electron chi connectivity index (χ1n) is 20.0. The zero-order valence-electron chi connectivity index (χ0n) is 34.1. The molecule has 3 aliphatic rings. The molecule has 61 heavy (non-hydrogen) atoms. The summed E-state index contributed by atoms with van der Waals surface area (Å²) in [5, 5.41) is 3.27. The number of urea groups is 1. The van der Waals surface area contributed by atoms with Crippen molar-refractivity contribution in [3.8, 4) is 0 Å². The number of fused-ring (bicyclic) bond motifs is 2. The fourth-order valence-electron chi connectivity index (χ4n) is 8.62. The van der Waals surface area contributed by atoms with Crippen molar-refractivity contribution in [3.63, 3.8) is 0 Å².